The number of aliphatic hydroxyl groups excluding tert-OH is 1. The third-order valence-corrected chi connectivity index (χ3v) is 1.81. The van der Waals surface area contributed by atoms with Crippen molar-refractivity contribution in [1.82, 2.24) is 0 Å². The molecule has 12 heavy (non-hydrogen) atoms. The average molecular weight is 186 g/mol. The van der Waals surface area contributed by atoms with E-state index >= 15 is 0 Å². The summed E-state index contributed by atoms with van der Waals surface area (Å²) < 4.78 is 0. The van der Waals surface area contributed by atoms with Crippen molar-refractivity contribution in [2.24, 2.45) is 5.73 Å². The van der Waals surface area contributed by atoms with Gasteiger partial charge in [-0.1, -0.05) is 29.8 Å². The highest BCUT2D eigenvalue weighted by molar-refractivity contribution is 6.31. The number of halogens is 1. The Morgan fingerprint density at radius 1 is 1.50 bits per heavy atom. The summed E-state index contributed by atoms with van der Waals surface area (Å²) in [5, 5.41) is 9.56. The molecule has 0 aliphatic heterocycles. The fourth-order valence-electron chi connectivity index (χ4n) is 0.850. The van der Waals surface area contributed by atoms with E-state index in [-0.39, 0.29) is 0 Å². The van der Waals surface area contributed by atoms with Crippen LogP contribution < -0.4 is 5.73 Å². The summed E-state index contributed by atoms with van der Waals surface area (Å²) in [5.74, 6) is -0.803. The molecule has 0 aliphatic rings. The van der Waals surface area contributed by atoms with E-state index in [9.17, 15) is 9.90 Å². The third-order valence-electron chi connectivity index (χ3n) is 1.47. The molecule has 3 nitrogen and oxygen atoms in total. The van der Waals surface area contributed by atoms with Crippen molar-refractivity contribution in [1.29, 1.82) is 0 Å². The molecule has 3 N–H and O–H groups in total. The minimum absolute atomic E-state index is 0.337. The molecule has 64 valence electrons. The zero-order valence-electron chi connectivity index (χ0n) is 6.20. The third kappa shape index (κ3) is 1.75. The summed E-state index contributed by atoms with van der Waals surface area (Å²) in [6, 6.07) is 6.52. The molecular weight excluding hydrogens is 178 g/mol. The highest BCUT2D eigenvalue weighted by Crippen LogP contribution is 2.21. The van der Waals surface area contributed by atoms with Crippen molar-refractivity contribution in [2.45, 2.75) is 6.10 Å². The van der Waals surface area contributed by atoms with E-state index in [2.05, 4.69) is 0 Å². The predicted molar refractivity (Wildman–Crippen MR) is 45.6 cm³/mol. The zero-order valence-corrected chi connectivity index (χ0v) is 6.95. The van der Waals surface area contributed by atoms with Crippen LogP contribution in [0.15, 0.2) is 24.3 Å². The van der Waals surface area contributed by atoms with E-state index in [0.717, 1.165) is 0 Å². The van der Waals surface area contributed by atoms with Crippen LogP contribution in [0.2, 0.25) is 5.02 Å². The molecule has 0 spiro atoms. The van der Waals surface area contributed by atoms with Crippen molar-refractivity contribution in [3.05, 3.63) is 34.9 Å². The number of amides is 1. The molecule has 0 unspecified atom stereocenters. The van der Waals surface area contributed by atoms with Gasteiger partial charge in [0.25, 0.3) is 5.91 Å². The summed E-state index contributed by atoms with van der Waals surface area (Å²) >= 11 is 5.70. The Morgan fingerprint density at radius 3 is 2.58 bits per heavy atom. The molecule has 0 bridgehead atoms. The standard InChI is InChI=1S/C8H8ClNO2/c9-6-4-2-1-3-5(6)7(11)8(10)12/h1-4,7,11H,(H2,10,12)/t7-/m0/s1. The lowest BCUT2D eigenvalue weighted by molar-refractivity contribution is -0.126. The molecule has 0 heterocycles. The Labute approximate surface area is 74.8 Å². The molecule has 1 atom stereocenters. The van der Waals surface area contributed by atoms with Gasteiger partial charge in [-0.2, -0.15) is 0 Å². The maximum Gasteiger partial charge on any atom is 0.250 e. The van der Waals surface area contributed by atoms with Crippen LogP contribution >= 0.6 is 11.6 Å². The summed E-state index contributed by atoms with van der Waals surface area (Å²) in [6.07, 6.45) is -1.32. The van der Waals surface area contributed by atoms with Gasteiger partial charge in [-0.3, -0.25) is 4.79 Å². The molecule has 0 saturated carbocycles. The van der Waals surface area contributed by atoms with Gasteiger partial charge in [-0.05, 0) is 6.07 Å². The van der Waals surface area contributed by atoms with Gasteiger partial charge in [0.2, 0.25) is 0 Å². The second kappa shape index (κ2) is 3.56. The lowest BCUT2D eigenvalue weighted by atomic mass is 10.1. The topological polar surface area (TPSA) is 63.3 Å². The normalized spacial score (nSPS) is 12.5. The van der Waals surface area contributed by atoms with Crippen molar-refractivity contribution in [3.63, 3.8) is 0 Å². The van der Waals surface area contributed by atoms with Crippen LogP contribution in [0.25, 0.3) is 0 Å². The van der Waals surface area contributed by atoms with E-state index < -0.39 is 12.0 Å². The number of primary amides is 1. The molecule has 0 fully saturated rings. The predicted octanol–water partition coefficient (Wildman–Crippen LogP) is 0.859. The number of carbonyl (C=O) groups excluding carboxylic acids is 1. The molecule has 1 rings (SSSR count). The van der Waals surface area contributed by atoms with Gasteiger partial charge in [0.15, 0.2) is 6.10 Å². The van der Waals surface area contributed by atoms with E-state index in [1.165, 1.54) is 0 Å². The SMILES string of the molecule is NC(=O)[C@@H](O)c1ccccc1Cl. The number of rotatable bonds is 2. The summed E-state index contributed by atoms with van der Waals surface area (Å²) in [4.78, 5) is 10.6. The maximum absolute atomic E-state index is 10.6. The molecule has 1 aromatic carbocycles. The van der Waals surface area contributed by atoms with Gasteiger partial charge >= 0.3 is 0 Å². The van der Waals surface area contributed by atoms with Crippen LogP contribution in [-0.2, 0) is 4.79 Å². The highest BCUT2D eigenvalue weighted by Gasteiger charge is 2.15. The summed E-state index contributed by atoms with van der Waals surface area (Å²) in [5.41, 5.74) is 5.23. The van der Waals surface area contributed by atoms with Crippen LogP contribution in [0.1, 0.15) is 11.7 Å². The molecule has 0 radical (unpaired) electrons. The second-order valence-electron chi connectivity index (χ2n) is 2.33. The smallest absolute Gasteiger partial charge is 0.250 e. The lowest BCUT2D eigenvalue weighted by Gasteiger charge is -2.07. The number of benzene rings is 1. The molecular formula is C8H8ClNO2. The highest BCUT2D eigenvalue weighted by atomic mass is 35.5. The Morgan fingerprint density at radius 2 is 2.08 bits per heavy atom. The van der Waals surface area contributed by atoms with Crippen LogP contribution in [0.5, 0.6) is 0 Å². The van der Waals surface area contributed by atoms with Crippen molar-refractivity contribution in [3.8, 4) is 0 Å². The molecule has 0 aliphatic carbocycles. The van der Waals surface area contributed by atoms with E-state index in [1.807, 2.05) is 0 Å². The Bertz CT molecular complexity index is 301. The molecule has 4 heteroatoms. The fourth-order valence-corrected chi connectivity index (χ4v) is 1.09. The monoisotopic (exact) mass is 185 g/mol. The number of nitrogens with two attached hydrogens (primary N) is 1. The van der Waals surface area contributed by atoms with Crippen molar-refractivity contribution >= 4 is 17.5 Å². The second-order valence-corrected chi connectivity index (χ2v) is 2.73. The first-order valence-corrected chi connectivity index (χ1v) is 3.72. The van der Waals surface area contributed by atoms with E-state index in [4.69, 9.17) is 17.3 Å². The molecule has 0 aromatic heterocycles. The van der Waals surface area contributed by atoms with Gasteiger partial charge < -0.3 is 10.8 Å². The Hall–Kier alpha value is -1.06. The van der Waals surface area contributed by atoms with Gasteiger partial charge in [-0.15, -0.1) is 0 Å². The van der Waals surface area contributed by atoms with Gasteiger partial charge in [-0.25, -0.2) is 0 Å². The van der Waals surface area contributed by atoms with Crippen LogP contribution in [0, 0.1) is 0 Å². The van der Waals surface area contributed by atoms with Crippen molar-refractivity contribution in [2.75, 3.05) is 0 Å². The average Bonchev–Trinajstić information content (AvgIpc) is 2.04. The van der Waals surface area contributed by atoms with E-state index in [1.54, 1.807) is 24.3 Å². The van der Waals surface area contributed by atoms with Crippen LogP contribution in [0.4, 0.5) is 0 Å². The number of hydrogen-bond acceptors (Lipinski definition) is 2. The van der Waals surface area contributed by atoms with E-state index in [0.29, 0.717) is 10.6 Å². The first kappa shape index (κ1) is 9.03. The first-order chi connectivity index (χ1) is 5.63. The van der Waals surface area contributed by atoms with Gasteiger partial charge in [0.1, 0.15) is 0 Å². The lowest BCUT2D eigenvalue weighted by Crippen LogP contribution is -2.21. The number of aliphatic hydroxyl groups is 1. The number of carbonyl (C=O) groups is 1. The zero-order chi connectivity index (χ0) is 9.14. The minimum atomic E-state index is -1.32. The van der Waals surface area contributed by atoms with Gasteiger partial charge in [0, 0.05) is 10.6 Å². The van der Waals surface area contributed by atoms with Gasteiger partial charge in [0.05, 0.1) is 0 Å². The Kier molecular flexibility index (Phi) is 2.68. The summed E-state index contributed by atoms with van der Waals surface area (Å²) in [6.45, 7) is 0. The fraction of sp³-hybridized carbons (Fsp3) is 0.125. The minimum Gasteiger partial charge on any atom is -0.378 e. The first-order valence-electron chi connectivity index (χ1n) is 3.34. The van der Waals surface area contributed by atoms with Crippen molar-refractivity contribution < 1.29 is 9.90 Å². The molecule has 1 amide bonds. The maximum atomic E-state index is 10.6. The molecule has 1 aromatic rings. The molecule has 0 saturated heterocycles. The quantitative estimate of drug-likeness (QED) is 0.718. The van der Waals surface area contributed by atoms with Crippen LogP contribution in [-0.4, -0.2) is 11.0 Å². The number of hydrogen-bond donors (Lipinski definition) is 2. The summed E-state index contributed by atoms with van der Waals surface area (Å²) in [7, 11) is 0. The van der Waals surface area contributed by atoms with Crippen LogP contribution in [0.3, 0.4) is 0 Å². The Balaban J connectivity index is 3.02. The largest absolute Gasteiger partial charge is 0.378 e.